The van der Waals surface area contributed by atoms with E-state index in [1.54, 1.807) is 7.11 Å². The molecule has 0 unspecified atom stereocenters. The van der Waals surface area contributed by atoms with Crippen molar-refractivity contribution in [2.24, 2.45) is 10.8 Å². The number of methoxy groups -OCH3 is 1. The molecule has 9 heteroatoms. The second-order valence-electron chi connectivity index (χ2n) is 3.31. The minimum Gasteiger partial charge on any atom is -0.385 e. The molecule has 0 spiro atoms. The van der Waals surface area contributed by atoms with Crippen LogP contribution in [-0.2, 0) is 14.8 Å². The third kappa shape index (κ3) is 11.4. The van der Waals surface area contributed by atoms with Gasteiger partial charge in [0.05, 0.1) is 6.26 Å². The van der Waals surface area contributed by atoms with Gasteiger partial charge in [0.2, 0.25) is 16.0 Å². The van der Waals surface area contributed by atoms with Gasteiger partial charge in [-0.2, -0.15) is 0 Å². The predicted octanol–water partition coefficient (Wildman–Crippen LogP) is -2.02. The fourth-order valence-electron chi connectivity index (χ4n) is 0.970. The summed E-state index contributed by atoms with van der Waals surface area (Å²) < 4.78 is 28.8. The average molecular weight is 267 g/mol. The highest BCUT2D eigenvalue weighted by molar-refractivity contribution is 7.88. The molecule has 0 heterocycles. The van der Waals surface area contributed by atoms with E-state index in [0.29, 0.717) is 25.7 Å². The van der Waals surface area contributed by atoms with Crippen molar-refractivity contribution < 1.29 is 13.2 Å². The van der Waals surface area contributed by atoms with E-state index in [9.17, 15) is 8.42 Å². The van der Waals surface area contributed by atoms with Crippen LogP contribution in [0.2, 0.25) is 0 Å². The number of hydrogen-bond donors (Lipinski definition) is 4. The second kappa shape index (κ2) is 9.16. The number of hydrogen-bond acceptors (Lipinski definition) is 5. The number of nitrogens with zero attached hydrogens (tertiary/aromatic N) is 1. The van der Waals surface area contributed by atoms with Gasteiger partial charge in [0.1, 0.15) is 0 Å². The van der Waals surface area contributed by atoms with Crippen molar-refractivity contribution in [1.82, 2.24) is 15.5 Å². The Labute approximate surface area is 102 Å². The molecule has 0 amide bonds. The van der Waals surface area contributed by atoms with Crippen molar-refractivity contribution >= 4 is 16.0 Å². The number of nitrogens with two attached hydrogens (primary N) is 1. The molecule has 0 bridgehead atoms. The normalized spacial score (nSPS) is 12.5. The van der Waals surface area contributed by atoms with Crippen molar-refractivity contribution in [1.29, 1.82) is 0 Å². The van der Waals surface area contributed by atoms with E-state index >= 15 is 0 Å². The lowest BCUT2D eigenvalue weighted by atomic mass is 10.5. The van der Waals surface area contributed by atoms with E-state index in [1.165, 1.54) is 0 Å². The van der Waals surface area contributed by atoms with Gasteiger partial charge in [-0.1, -0.05) is 0 Å². The van der Waals surface area contributed by atoms with Gasteiger partial charge >= 0.3 is 0 Å². The molecule has 0 atom stereocenters. The van der Waals surface area contributed by atoms with Crippen LogP contribution in [0.4, 0.5) is 0 Å². The molecule has 17 heavy (non-hydrogen) atoms. The molecule has 0 aromatic carbocycles. The number of nitrogens with one attached hydrogen (secondary N) is 3. The van der Waals surface area contributed by atoms with Crippen LogP contribution in [0.5, 0.6) is 0 Å². The standard InChI is InChI=1S/C8H21N5O3S/c1-16-7-3-4-10-8(13-9)11-5-6-12-17(2,14)15/h12H,3-7,9H2,1-2H3,(H2,10,11,13). The summed E-state index contributed by atoms with van der Waals surface area (Å²) >= 11 is 0. The van der Waals surface area contributed by atoms with Crippen LogP contribution in [0.15, 0.2) is 4.99 Å². The van der Waals surface area contributed by atoms with Crippen molar-refractivity contribution in [3.63, 3.8) is 0 Å². The van der Waals surface area contributed by atoms with E-state index in [1.807, 2.05) is 0 Å². The lowest BCUT2D eigenvalue weighted by Gasteiger charge is -2.09. The van der Waals surface area contributed by atoms with Crippen molar-refractivity contribution in [2.75, 3.05) is 39.6 Å². The van der Waals surface area contributed by atoms with Gasteiger partial charge in [-0.05, 0) is 6.42 Å². The molecule has 102 valence electrons. The molecule has 0 fully saturated rings. The number of ether oxygens (including phenoxy) is 1. The Morgan fingerprint density at radius 3 is 2.65 bits per heavy atom. The Bertz CT molecular complexity index is 317. The monoisotopic (exact) mass is 267 g/mol. The molecule has 0 saturated heterocycles. The Balaban J connectivity index is 3.74. The predicted molar refractivity (Wildman–Crippen MR) is 67.0 cm³/mol. The Hall–Kier alpha value is -0.900. The first kappa shape index (κ1) is 16.1. The van der Waals surface area contributed by atoms with Crippen LogP contribution >= 0.6 is 0 Å². The zero-order chi connectivity index (χ0) is 13.1. The molecule has 5 N–H and O–H groups in total. The number of aliphatic imine (C=N–C) groups is 1. The number of hydrazine groups is 1. The number of rotatable bonds is 8. The highest BCUT2D eigenvalue weighted by Gasteiger charge is 1.99. The third-order valence-corrected chi connectivity index (χ3v) is 2.42. The quantitative estimate of drug-likeness (QED) is 0.133. The molecule has 0 aliphatic rings. The van der Waals surface area contributed by atoms with E-state index in [0.717, 1.165) is 12.7 Å². The maximum absolute atomic E-state index is 10.8. The molecule has 0 saturated carbocycles. The topological polar surface area (TPSA) is 118 Å². The van der Waals surface area contributed by atoms with Gasteiger partial charge in [0, 0.05) is 33.4 Å². The van der Waals surface area contributed by atoms with Crippen LogP contribution in [0.25, 0.3) is 0 Å². The first-order valence-electron chi connectivity index (χ1n) is 5.18. The van der Waals surface area contributed by atoms with Gasteiger partial charge in [-0.3, -0.25) is 10.4 Å². The lowest BCUT2D eigenvalue weighted by molar-refractivity contribution is 0.197. The van der Waals surface area contributed by atoms with E-state index in [4.69, 9.17) is 10.6 Å². The average Bonchev–Trinajstić information content (AvgIpc) is 2.25. The summed E-state index contributed by atoms with van der Waals surface area (Å²) in [7, 11) is -1.53. The summed E-state index contributed by atoms with van der Waals surface area (Å²) in [6, 6.07) is 0. The molecule has 0 radical (unpaired) electrons. The summed E-state index contributed by atoms with van der Waals surface area (Å²) in [5, 5.41) is 2.87. The lowest BCUT2D eigenvalue weighted by Crippen LogP contribution is -2.44. The molecule has 0 aliphatic heterocycles. The van der Waals surface area contributed by atoms with Crippen molar-refractivity contribution in [2.45, 2.75) is 6.42 Å². The number of guanidine groups is 1. The smallest absolute Gasteiger partial charge is 0.208 e. The fourth-order valence-corrected chi connectivity index (χ4v) is 1.44. The van der Waals surface area contributed by atoms with Gasteiger partial charge in [0.15, 0.2) is 0 Å². The van der Waals surface area contributed by atoms with E-state index < -0.39 is 10.0 Å². The first-order valence-corrected chi connectivity index (χ1v) is 7.07. The Morgan fingerprint density at radius 2 is 2.12 bits per heavy atom. The van der Waals surface area contributed by atoms with Crippen LogP contribution in [0, 0.1) is 0 Å². The number of sulfonamides is 1. The largest absolute Gasteiger partial charge is 0.385 e. The molecular formula is C8H21N5O3S. The highest BCUT2D eigenvalue weighted by Crippen LogP contribution is 1.81. The van der Waals surface area contributed by atoms with Gasteiger partial charge in [-0.15, -0.1) is 0 Å². The summed E-state index contributed by atoms with van der Waals surface area (Å²) in [4.78, 5) is 4.13. The Kier molecular flexibility index (Phi) is 8.68. The van der Waals surface area contributed by atoms with E-state index in [2.05, 4.69) is 20.5 Å². The van der Waals surface area contributed by atoms with Crippen molar-refractivity contribution in [3.05, 3.63) is 0 Å². The summed E-state index contributed by atoms with van der Waals surface area (Å²) in [6.07, 6.45) is 1.90. The fraction of sp³-hybridized carbons (Fsp3) is 0.875. The molecule has 8 nitrogen and oxygen atoms in total. The maximum atomic E-state index is 10.8. The first-order chi connectivity index (χ1) is 7.99. The molecule has 0 aromatic rings. The minimum atomic E-state index is -3.15. The molecule has 0 aliphatic carbocycles. The third-order valence-electron chi connectivity index (χ3n) is 1.69. The maximum Gasteiger partial charge on any atom is 0.208 e. The summed E-state index contributed by atoms with van der Waals surface area (Å²) in [5.41, 5.74) is 2.40. The van der Waals surface area contributed by atoms with Crippen LogP contribution in [0.3, 0.4) is 0 Å². The molecule has 0 aromatic heterocycles. The van der Waals surface area contributed by atoms with Crippen molar-refractivity contribution in [3.8, 4) is 0 Å². The Morgan fingerprint density at radius 1 is 1.41 bits per heavy atom. The van der Waals surface area contributed by atoms with Crippen LogP contribution in [0.1, 0.15) is 6.42 Å². The van der Waals surface area contributed by atoms with Crippen LogP contribution < -0.4 is 21.3 Å². The highest BCUT2D eigenvalue weighted by atomic mass is 32.2. The SMILES string of the molecule is COCCCN=C(NN)NCCNS(C)(=O)=O. The zero-order valence-corrected chi connectivity index (χ0v) is 11.0. The zero-order valence-electron chi connectivity index (χ0n) is 10.2. The van der Waals surface area contributed by atoms with Gasteiger partial charge < -0.3 is 10.1 Å². The molecule has 0 rings (SSSR count). The summed E-state index contributed by atoms with van der Waals surface area (Å²) in [5.74, 6) is 5.67. The summed E-state index contributed by atoms with van der Waals surface area (Å²) in [6.45, 7) is 1.90. The minimum absolute atomic E-state index is 0.275. The van der Waals surface area contributed by atoms with Gasteiger partial charge in [-0.25, -0.2) is 19.0 Å². The van der Waals surface area contributed by atoms with Gasteiger partial charge in [0.25, 0.3) is 0 Å². The molecular weight excluding hydrogens is 246 g/mol. The van der Waals surface area contributed by atoms with Crippen LogP contribution in [-0.4, -0.2) is 54.0 Å². The van der Waals surface area contributed by atoms with E-state index in [-0.39, 0.29) is 6.54 Å². The second-order valence-corrected chi connectivity index (χ2v) is 5.15.